The zero-order valence-corrected chi connectivity index (χ0v) is 10.8. The lowest BCUT2D eigenvalue weighted by Gasteiger charge is -2.51. The van der Waals surface area contributed by atoms with E-state index in [0.29, 0.717) is 0 Å². The highest BCUT2D eigenvalue weighted by Crippen LogP contribution is 2.53. The number of halogens is 2. The van der Waals surface area contributed by atoms with Crippen LogP contribution < -0.4 is 0 Å². The first-order valence-corrected chi connectivity index (χ1v) is 5.13. The van der Waals surface area contributed by atoms with Crippen LogP contribution in [0, 0.1) is 10.8 Å². The highest BCUT2D eigenvalue weighted by Gasteiger charge is 2.57. The molecule has 0 nitrogen and oxygen atoms in total. The molecule has 0 spiro atoms. The molecule has 0 aromatic heterocycles. The van der Waals surface area contributed by atoms with Gasteiger partial charge in [-0.25, -0.2) is 8.78 Å². The lowest BCUT2D eigenvalue weighted by Crippen LogP contribution is -2.56. The van der Waals surface area contributed by atoms with E-state index in [1.165, 1.54) is 20.8 Å². The van der Waals surface area contributed by atoms with Gasteiger partial charge in [-0.15, -0.1) is 0 Å². The monoisotopic (exact) mass is 206 g/mol. The Kier molecular flexibility index (Phi) is 3.15. The summed E-state index contributed by atoms with van der Waals surface area (Å²) in [6, 6.07) is 0. The Hall–Kier alpha value is -0.140. The fraction of sp³-hybridized carbons (Fsp3) is 1.00. The summed E-state index contributed by atoms with van der Waals surface area (Å²) in [5.41, 5.74) is -4.68. The molecular weight excluding hydrogens is 182 g/mol. The second kappa shape index (κ2) is 3.18. The van der Waals surface area contributed by atoms with E-state index in [0.717, 1.165) is 0 Å². The van der Waals surface area contributed by atoms with Crippen LogP contribution in [0.4, 0.5) is 8.78 Å². The van der Waals surface area contributed by atoms with E-state index in [9.17, 15) is 8.78 Å². The van der Waals surface area contributed by atoms with Gasteiger partial charge < -0.3 is 0 Å². The molecule has 0 aliphatic rings. The van der Waals surface area contributed by atoms with Crippen LogP contribution in [0.2, 0.25) is 0 Å². The van der Waals surface area contributed by atoms with Gasteiger partial charge in [0.2, 0.25) is 0 Å². The molecule has 0 fully saturated rings. The van der Waals surface area contributed by atoms with Gasteiger partial charge in [0.05, 0.1) is 0 Å². The zero-order valence-electron chi connectivity index (χ0n) is 10.8. The van der Waals surface area contributed by atoms with Gasteiger partial charge in [0, 0.05) is 5.41 Å². The van der Waals surface area contributed by atoms with Gasteiger partial charge in [0.1, 0.15) is 11.3 Å². The molecule has 0 aliphatic carbocycles. The van der Waals surface area contributed by atoms with E-state index < -0.39 is 22.2 Å². The molecule has 86 valence electrons. The van der Waals surface area contributed by atoms with Crippen LogP contribution in [0.15, 0.2) is 0 Å². The van der Waals surface area contributed by atoms with E-state index in [-0.39, 0.29) is 0 Å². The van der Waals surface area contributed by atoms with Crippen molar-refractivity contribution in [1.29, 1.82) is 0 Å². The third-order valence-electron chi connectivity index (χ3n) is 4.07. The maximum absolute atomic E-state index is 14.6. The highest BCUT2D eigenvalue weighted by molar-refractivity contribution is 5.05. The molecule has 14 heavy (non-hydrogen) atoms. The van der Waals surface area contributed by atoms with Crippen molar-refractivity contribution < 1.29 is 8.78 Å². The minimum atomic E-state index is -1.56. The van der Waals surface area contributed by atoms with Crippen LogP contribution in [0.1, 0.15) is 55.4 Å². The summed E-state index contributed by atoms with van der Waals surface area (Å²) in [6.45, 7) is 13.1. The van der Waals surface area contributed by atoms with Gasteiger partial charge in [0.15, 0.2) is 0 Å². The van der Waals surface area contributed by atoms with Crippen molar-refractivity contribution >= 4 is 0 Å². The molecule has 0 aliphatic heterocycles. The number of hydrogen-bond donors (Lipinski definition) is 0. The summed E-state index contributed by atoms with van der Waals surface area (Å²) in [5.74, 6) is 0. The average Bonchev–Trinajstić information content (AvgIpc) is 1.81. The summed E-state index contributed by atoms with van der Waals surface area (Å²) >= 11 is 0. The van der Waals surface area contributed by atoms with Crippen LogP contribution in [0.25, 0.3) is 0 Å². The molecule has 1 unspecified atom stereocenters. The third-order valence-corrected chi connectivity index (χ3v) is 4.07. The van der Waals surface area contributed by atoms with E-state index in [4.69, 9.17) is 0 Å². The normalized spacial score (nSPS) is 19.3. The van der Waals surface area contributed by atoms with Crippen LogP contribution >= 0.6 is 0 Å². The summed E-state index contributed by atoms with van der Waals surface area (Å²) in [4.78, 5) is 0. The SMILES string of the molecule is CC(C)(C)C(C)(F)C(C)(C)C(C)(C)F. The van der Waals surface area contributed by atoms with E-state index in [1.54, 1.807) is 34.6 Å². The Morgan fingerprint density at radius 1 is 0.643 bits per heavy atom. The molecule has 0 heterocycles. The second-order valence-electron chi connectivity index (χ2n) is 6.35. The molecule has 0 rings (SSSR count). The van der Waals surface area contributed by atoms with Gasteiger partial charge in [-0.1, -0.05) is 34.6 Å². The molecule has 0 aromatic rings. The number of alkyl halides is 2. The lowest BCUT2D eigenvalue weighted by molar-refractivity contribution is -0.128. The first-order valence-electron chi connectivity index (χ1n) is 5.13. The van der Waals surface area contributed by atoms with Crippen LogP contribution in [0.5, 0.6) is 0 Å². The van der Waals surface area contributed by atoms with Crippen molar-refractivity contribution in [3.63, 3.8) is 0 Å². The lowest BCUT2D eigenvalue weighted by atomic mass is 9.59. The predicted molar refractivity (Wildman–Crippen MR) is 57.9 cm³/mol. The molecule has 0 bridgehead atoms. The van der Waals surface area contributed by atoms with Crippen molar-refractivity contribution in [3.05, 3.63) is 0 Å². The molecule has 0 saturated carbocycles. The quantitative estimate of drug-likeness (QED) is 0.622. The topological polar surface area (TPSA) is 0 Å². The van der Waals surface area contributed by atoms with Gasteiger partial charge in [-0.05, 0) is 26.2 Å². The average molecular weight is 206 g/mol. The van der Waals surface area contributed by atoms with Crippen molar-refractivity contribution in [1.82, 2.24) is 0 Å². The van der Waals surface area contributed by atoms with E-state index in [2.05, 4.69) is 0 Å². The summed E-state index contributed by atoms with van der Waals surface area (Å²) in [6.07, 6.45) is 0. The first kappa shape index (κ1) is 13.9. The Balaban J connectivity index is 5.30. The molecule has 0 radical (unpaired) electrons. The first-order chi connectivity index (χ1) is 5.75. The molecule has 0 amide bonds. The van der Waals surface area contributed by atoms with Crippen LogP contribution in [-0.4, -0.2) is 11.3 Å². The number of rotatable bonds is 2. The van der Waals surface area contributed by atoms with E-state index in [1.807, 2.05) is 0 Å². The smallest absolute Gasteiger partial charge is 0.121 e. The fourth-order valence-electron chi connectivity index (χ4n) is 1.50. The Labute approximate surface area is 87.1 Å². The molecular formula is C12H24F2. The minimum Gasteiger partial charge on any atom is -0.244 e. The maximum Gasteiger partial charge on any atom is 0.121 e. The zero-order chi connectivity index (χ0) is 12.0. The Morgan fingerprint density at radius 3 is 1.00 bits per heavy atom. The van der Waals surface area contributed by atoms with Crippen molar-refractivity contribution in [2.24, 2.45) is 10.8 Å². The predicted octanol–water partition coefficient (Wildman–Crippen LogP) is 4.54. The minimum absolute atomic E-state index is 0.570. The summed E-state index contributed by atoms with van der Waals surface area (Å²) in [5, 5.41) is 0. The van der Waals surface area contributed by atoms with Crippen molar-refractivity contribution in [2.45, 2.75) is 66.7 Å². The van der Waals surface area contributed by atoms with Gasteiger partial charge in [-0.2, -0.15) is 0 Å². The van der Waals surface area contributed by atoms with Gasteiger partial charge in [-0.3, -0.25) is 0 Å². The highest BCUT2D eigenvalue weighted by atomic mass is 19.2. The largest absolute Gasteiger partial charge is 0.244 e. The summed E-state index contributed by atoms with van der Waals surface area (Å²) < 4.78 is 28.6. The standard InChI is InChI=1S/C12H24F2/c1-9(2,3)12(8,14)10(4,5)11(6,7)13/h1-8H3. The Morgan fingerprint density at radius 2 is 0.929 bits per heavy atom. The van der Waals surface area contributed by atoms with Gasteiger partial charge >= 0.3 is 0 Å². The van der Waals surface area contributed by atoms with Crippen LogP contribution in [-0.2, 0) is 0 Å². The Bertz CT molecular complexity index is 177. The van der Waals surface area contributed by atoms with Gasteiger partial charge in [0.25, 0.3) is 0 Å². The van der Waals surface area contributed by atoms with E-state index >= 15 is 0 Å². The third kappa shape index (κ3) is 1.94. The summed E-state index contributed by atoms with van der Waals surface area (Å²) in [7, 11) is 0. The molecule has 1 atom stereocenters. The second-order valence-corrected chi connectivity index (χ2v) is 6.35. The fourth-order valence-corrected chi connectivity index (χ4v) is 1.50. The molecule has 0 saturated heterocycles. The number of hydrogen-bond acceptors (Lipinski definition) is 0. The molecule has 0 N–H and O–H groups in total. The van der Waals surface area contributed by atoms with Crippen molar-refractivity contribution in [3.8, 4) is 0 Å². The molecule has 0 aromatic carbocycles. The maximum atomic E-state index is 14.6. The van der Waals surface area contributed by atoms with Crippen molar-refractivity contribution in [2.75, 3.05) is 0 Å². The van der Waals surface area contributed by atoms with Crippen LogP contribution in [0.3, 0.4) is 0 Å². The molecule has 2 heteroatoms.